The van der Waals surface area contributed by atoms with Gasteiger partial charge in [0.05, 0.1) is 28.2 Å². The predicted octanol–water partition coefficient (Wildman–Crippen LogP) is 4.64. The van der Waals surface area contributed by atoms with Gasteiger partial charge in [-0.15, -0.1) is 0 Å². The highest BCUT2D eigenvalue weighted by Crippen LogP contribution is 2.30. The smallest absolute Gasteiger partial charge is 0.180 e. The Bertz CT molecular complexity index is 1210. The number of imidazole rings is 1. The first-order chi connectivity index (χ1) is 14.7. The number of aliphatic imine (C=N–C) groups is 1. The number of nitrogens with zero attached hydrogens (tertiary/aromatic N) is 3. The van der Waals surface area contributed by atoms with E-state index >= 15 is 0 Å². The van der Waals surface area contributed by atoms with Crippen molar-refractivity contribution < 1.29 is 18.7 Å². The van der Waals surface area contributed by atoms with Crippen molar-refractivity contribution in [3.05, 3.63) is 76.4 Å². The molecular weight excluding hydrogens is 402 g/mol. The minimum absolute atomic E-state index is 0.134. The molecule has 3 heterocycles. The highest BCUT2D eigenvalue weighted by molar-refractivity contribution is 6.10. The summed E-state index contributed by atoms with van der Waals surface area (Å²) in [6.45, 7) is 7.48. The van der Waals surface area contributed by atoms with Crippen LogP contribution in [0.2, 0.25) is 0 Å². The second-order valence-electron chi connectivity index (χ2n) is 8.38. The minimum Gasteiger partial charge on any atom is -0.485 e. The number of hydroxylamine groups is 1. The Morgan fingerprint density at radius 2 is 1.94 bits per heavy atom. The van der Waals surface area contributed by atoms with Crippen LogP contribution in [0.25, 0.3) is 5.65 Å². The minimum atomic E-state index is -0.656. The molecule has 0 atom stereocenters. The fourth-order valence-electron chi connectivity index (χ4n) is 3.87. The van der Waals surface area contributed by atoms with Crippen LogP contribution in [0.4, 0.5) is 8.78 Å². The lowest BCUT2D eigenvalue weighted by Crippen LogP contribution is -2.29. The number of hydrogen-bond donors (Lipinski definition) is 2. The van der Waals surface area contributed by atoms with Crippen LogP contribution < -0.4 is 10.2 Å². The van der Waals surface area contributed by atoms with Crippen LogP contribution in [-0.2, 0) is 6.61 Å². The number of fused-ring (bicyclic) bond motifs is 1. The van der Waals surface area contributed by atoms with Crippen molar-refractivity contribution >= 4 is 11.4 Å². The zero-order valence-corrected chi connectivity index (χ0v) is 17.8. The van der Waals surface area contributed by atoms with E-state index < -0.39 is 17.2 Å². The van der Waals surface area contributed by atoms with Crippen LogP contribution in [0, 0.1) is 25.5 Å². The van der Waals surface area contributed by atoms with Gasteiger partial charge in [-0.1, -0.05) is 6.07 Å². The number of dihydropyridines is 1. The molecule has 6 nitrogen and oxygen atoms in total. The lowest BCUT2D eigenvalue weighted by molar-refractivity contribution is 0.190. The first-order valence-electron chi connectivity index (χ1n) is 9.94. The largest absolute Gasteiger partial charge is 0.485 e. The Balaban J connectivity index is 1.79. The number of allylic oxidation sites excluding steroid dienone is 1. The maximum atomic E-state index is 14.0. The molecule has 0 fully saturated rings. The van der Waals surface area contributed by atoms with Crippen molar-refractivity contribution in [3.63, 3.8) is 0 Å². The molecule has 0 amide bonds. The van der Waals surface area contributed by atoms with Crippen molar-refractivity contribution in [2.75, 3.05) is 0 Å². The van der Waals surface area contributed by atoms with Crippen molar-refractivity contribution in [3.8, 4) is 5.75 Å². The summed E-state index contributed by atoms with van der Waals surface area (Å²) in [5.74, 6) is -0.897. The van der Waals surface area contributed by atoms with Gasteiger partial charge in [0.15, 0.2) is 11.4 Å². The quantitative estimate of drug-likeness (QED) is 0.583. The Kier molecular flexibility index (Phi) is 5.26. The molecule has 2 aromatic heterocycles. The van der Waals surface area contributed by atoms with E-state index in [0.29, 0.717) is 29.2 Å². The molecule has 1 aliphatic heterocycles. The van der Waals surface area contributed by atoms with E-state index in [4.69, 9.17) is 9.73 Å². The van der Waals surface area contributed by atoms with Crippen molar-refractivity contribution in [1.82, 2.24) is 14.9 Å². The third kappa shape index (κ3) is 4.03. The van der Waals surface area contributed by atoms with Gasteiger partial charge < -0.3 is 4.74 Å². The van der Waals surface area contributed by atoms with E-state index in [2.05, 4.69) is 10.5 Å². The summed E-state index contributed by atoms with van der Waals surface area (Å²) in [5, 5.41) is 9.46. The number of ether oxygens (including phenoxy) is 1. The van der Waals surface area contributed by atoms with Crippen LogP contribution in [-0.4, -0.2) is 25.8 Å². The molecular formula is C23H24F2N4O2. The summed E-state index contributed by atoms with van der Waals surface area (Å²) < 4.78 is 35.7. The van der Waals surface area contributed by atoms with E-state index in [0.717, 1.165) is 17.0 Å². The molecule has 31 heavy (non-hydrogen) atoms. The normalized spacial score (nSPS) is 15.6. The number of nitrogens with one attached hydrogen (secondary N) is 1. The summed E-state index contributed by atoms with van der Waals surface area (Å²) >= 11 is 0. The highest BCUT2D eigenvalue weighted by Gasteiger charge is 2.27. The maximum Gasteiger partial charge on any atom is 0.180 e. The first-order valence-corrected chi connectivity index (χ1v) is 9.94. The van der Waals surface area contributed by atoms with Gasteiger partial charge in [0.25, 0.3) is 0 Å². The monoisotopic (exact) mass is 426 g/mol. The molecule has 0 spiro atoms. The lowest BCUT2D eigenvalue weighted by atomic mass is 9.94. The van der Waals surface area contributed by atoms with E-state index in [9.17, 15) is 14.0 Å². The van der Waals surface area contributed by atoms with Gasteiger partial charge in [-0.3, -0.25) is 20.1 Å². The summed E-state index contributed by atoms with van der Waals surface area (Å²) in [4.78, 5) is 9.47. The van der Waals surface area contributed by atoms with E-state index in [-0.39, 0.29) is 12.2 Å². The molecule has 0 saturated heterocycles. The molecule has 162 valence electrons. The molecule has 8 heteroatoms. The average molecular weight is 426 g/mol. The van der Waals surface area contributed by atoms with Gasteiger partial charge in [0.1, 0.15) is 18.2 Å². The Hall–Kier alpha value is -3.26. The van der Waals surface area contributed by atoms with Gasteiger partial charge in [-0.2, -0.15) is 0 Å². The van der Waals surface area contributed by atoms with Crippen LogP contribution in [0.15, 0.2) is 47.2 Å². The van der Waals surface area contributed by atoms with Gasteiger partial charge in [0.2, 0.25) is 0 Å². The van der Waals surface area contributed by atoms with Crippen LogP contribution in [0.1, 0.15) is 42.8 Å². The summed E-state index contributed by atoms with van der Waals surface area (Å²) in [7, 11) is 0. The van der Waals surface area contributed by atoms with Crippen LogP contribution >= 0.6 is 0 Å². The molecule has 0 unspecified atom stereocenters. The second-order valence-corrected chi connectivity index (χ2v) is 8.38. The molecule has 0 aliphatic carbocycles. The van der Waals surface area contributed by atoms with Crippen molar-refractivity contribution in [1.29, 1.82) is 0 Å². The number of benzene rings is 1. The number of aryl methyl sites for hydroxylation is 2. The molecule has 0 saturated carbocycles. The third-order valence-electron chi connectivity index (χ3n) is 5.17. The number of aromatic nitrogens is 2. The molecule has 1 aliphatic rings. The van der Waals surface area contributed by atoms with E-state index in [1.54, 1.807) is 12.1 Å². The number of rotatable bonds is 5. The SMILES string of the molecule is Cc1cc(OCc2c(F)cccc2F)c2nc(C)c(C3=NC(C)(C)CC(NO)=C3)n2c1. The van der Waals surface area contributed by atoms with E-state index in [1.165, 1.54) is 18.2 Å². The maximum absolute atomic E-state index is 14.0. The zero-order chi connectivity index (χ0) is 22.3. The van der Waals surface area contributed by atoms with Gasteiger partial charge >= 0.3 is 0 Å². The Morgan fingerprint density at radius 3 is 2.61 bits per heavy atom. The number of halogens is 2. The molecule has 0 radical (unpaired) electrons. The molecule has 3 aromatic rings. The predicted molar refractivity (Wildman–Crippen MR) is 114 cm³/mol. The summed E-state index contributed by atoms with van der Waals surface area (Å²) in [5.41, 5.74) is 5.93. The Morgan fingerprint density at radius 1 is 1.23 bits per heavy atom. The fourth-order valence-corrected chi connectivity index (χ4v) is 3.87. The number of hydrogen-bond acceptors (Lipinski definition) is 5. The Labute approximate surface area is 178 Å². The van der Waals surface area contributed by atoms with Gasteiger partial charge in [-0.05, 0) is 57.5 Å². The average Bonchev–Trinajstić information content (AvgIpc) is 3.02. The highest BCUT2D eigenvalue weighted by atomic mass is 19.1. The molecule has 1 aromatic carbocycles. The molecule has 4 rings (SSSR count). The fraction of sp³-hybridized carbons (Fsp3) is 0.304. The lowest BCUT2D eigenvalue weighted by Gasteiger charge is -2.26. The second kappa shape index (κ2) is 7.77. The molecule has 2 N–H and O–H groups in total. The standard InChI is InChI=1S/C23H24F2N4O2/c1-13-8-20(31-12-16-17(24)6-5-7-18(16)25)22-26-14(2)21(29(22)11-13)19-9-15(28-30)10-23(3,4)27-19/h5-9,11,28,30H,10,12H2,1-4H3. The third-order valence-corrected chi connectivity index (χ3v) is 5.17. The van der Waals surface area contributed by atoms with Crippen LogP contribution in [0.5, 0.6) is 5.75 Å². The summed E-state index contributed by atoms with van der Waals surface area (Å²) in [6, 6.07) is 5.51. The molecule has 0 bridgehead atoms. The topological polar surface area (TPSA) is 71.2 Å². The summed E-state index contributed by atoms with van der Waals surface area (Å²) in [6.07, 6.45) is 4.27. The van der Waals surface area contributed by atoms with Crippen molar-refractivity contribution in [2.24, 2.45) is 4.99 Å². The van der Waals surface area contributed by atoms with Crippen molar-refractivity contribution in [2.45, 2.75) is 46.3 Å². The zero-order valence-electron chi connectivity index (χ0n) is 17.8. The van der Waals surface area contributed by atoms with E-state index in [1.807, 2.05) is 38.3 Å². The van der Waals surface area contributed by atoms with Gasteiger partial charge in [0, 0.05) is 18.3 Å². The van der Waals surface area contributed by atoms with Crippen LogP contribution in [0.3, 0.4) is 0 Å². The first kappa shape index (κ1) is 21.0. The van der Waals surface area contributed by atoms with Gasteiger partial charge in [-0.25, -0.2) is 13.8 Å². The number of pyridine rings is 1.